The predicted octanol–water partition coefficient (Wildman–Crippen LogP) is -0.369. The fourth-order valence-corrected chi connectivity index (χ4v) is 4.19. The number of sulfone groups is 1. The molecule has 0 radical (unpaired) electrons. The molecule has 2 atom stereocenters. The summed E-state index contributed by atoms with van der Waals surface area (Å²) in [5, 5.41) is 9.75. The smallest absolute Gasteiger partial charge is 0.223 e. The lowest BCUT2D eigenvalue weighted by Crippen LogP contribution is -2.44. The number of carbonyl (C=O) groups excluding carboxylic acids is 1. The lowest BCUT2D eigenvalue weighted by molar-refractivity contribution is -0.133. The summed E-state index contributed by atoms with van der Waals surface area (Å²) in [6, 6.07) is 3.04. The zero-order valence-electron chi connectivity index (χ0n) is 11.3. The number of likely N-dealkylation sites (N-methyl/N-ethyl adjacent to an activating group) is 1. The first-order valence-corrected chi connectivity index (χ1v) is 8.24. The van der Waals surface area contributed by atoms with Crippen LogP contribution in [-0.2, 0) is 21.1 Å². The van der Waals surface area contributed by atoms with Crippen molar-refractivity contribution in [3.8, 4) is 0 Å². The standard InChI is InChI=1S/C13H18N2O4S/c1-15(11-8-20(18,19)9-12(11)16)13(17)3-2-10-4-6-14-7-5-10/h4-7,11-12,16H,2-3,8-9H2,1H3. The number of amides is 1. The van der Waals surface area contributed by atoms with Gasteiger partial charge in [-0.1, -0.05) is 0 Å². The van der Waals surface area contributed by atoms with Crippen LogP contribution < -0.4 is 0 Å². The average molecular weight is 298 g/mol. The Bertz CT molecular complexity index is 573. The van der Waals surface area contributed by atoms with Gasteiger partial charge in [-0.2, -0.15) is 0 Å². The summed E-state index contributed by atoms with van der Waals surface area (Å²) in [6.45, 7) is 0. The van der Waals surface area contributed by atoms with E-state index in [0.29, 0.717) is 6.42 Å². The zero-order chi connectivity index (χ0) is 14.8. The van der Waals surface area contributed by atoms with Gasteiger partial charge in [-0.05, 0) is 24.1 Å². The molecule has 1 aliphatic rings. The lowest BCUT2D eigenvalue weighted by atomic mass is 10.1. The molecule has 1 aromatic rings. The summed E-state index contributed by atoms with van der Waals surface area (Å²) in [6.07, 6.45) is 3.19. The fraction of sp³-hybridized carbons (Fsp3) is 0.538. The molecular formula is C13H18N2O4S. The highest BCUT2D eigenvalue weighted by atomic mass is 32.2. The number of rotatable bonds is 4. The van der Waals surface area contributed by atoms with E-state index in [2.05, 4.69) is 4.98 Å². The molecule has 7 heteroatoms. The van der Waals surface area contributed by atoms with E-state index in [1.807, 2.05) is 12.1 Å². The van der Waals surface area contributed by atoms with Crippen molar-refractivity contribution >= 4 is 15.7 Å². The maximum atomic E-state index is 12.1. The Kier molecular flexibility index (Phi) is 4.39. The quantitative estimate of drug-likeness (QED) is 0.819. The van der Waals surface area contributed by atoms with Crippen LogP contribution in [0.15, 0.2) is 24.5 Å². The predicted molar refractivity (Wildman–Crippen MR) is 73.8 cm³/mol. The Morgan fingerprint density at radius 3 is 2.60 bits per heavy atom. The summed E-state index contributed by atoms with van der Waals surface area (Å²) >= 11 is 0. The topological polar surface area (TPSA) is 87.6 Å². The molecule has 2 heterocycles. The van der Waals surface area contributed by atoms with Crippen molar-refractivity contribution in [3.63, 3.8) is 0 Å². The van der Waals surface area contributed by atoms with Gasteiger partial charge in [0, 0.05) is 25.9 Å². The van der Waals surface area contributed by atoms with E-state index in [0.717, 1.165) is 5.56 Å². The van der Waals surface area contributed by atoms with Crippen molar-refractivity contribution in [2.75, 3.05) is 18.6 Å². The highest BCUT2D eigenvalue weighted by molar-refractivity contribution is 7.91. The summed E-state index contributed by atoms with van der Waals surface area (Å²) in [5.74, 6) is -0.589. The van der Waals surface area contributed by atoms with E-state index in [4.69, 9.17) is 0 Å². The second-order valence-electron chi connectivity index (χ2n) is 5.07. The molecule has 2 rings (SSSR count). The van der Waals surface area contributed by atoms with Crippen molar-refractivity contribution in [1.82, 2.24) is 9.88 Å². The van der Waals surface area contributed by atoms with Crippen molar-refractivity contribution in [2.45, 2.75) is 25.0 Å². The third kappa shape index (κ3) is 3.55. The van der Waals surface area contributed by atoms with E-state index in [-0.39, 0.29) is 23.8 Å². The van der Waals surface area contributed by atoms with Gasteiger partial charge in [0.2, 0.25) is 5.91 Å². The maximum absolute atomic E-state index is 12.1. The molecule has 1 aromatic heterocycles. The first-order chi connectivity index (χ1) is 9.39. The second kappa shape index (κ2) is 5.88. The van der Waals surface area contributed by atoms with Gasteiger partial charge < -0.3 is 10.0 Å². The number of hydrogen-bond donors (Lipinski definition) is 1. The minimum Gasteiger partial charge on any atom is -0.390 e. The van der Waals surface area contributed by atoms with E-state index >= 15 is 0 Å². The minimum absolute atomic E-state index is 0.161. The van der Waals surface area contributed by atoms with E-state index in [1.54, 1.807) is 19.4 Å². The van der Waals surface area contributed by atoms with Crippen molar-refractivity contribution in [2.24, 2.45) is 0 Å². The largest absolute Gasteiger partial charge is 0.390 e. The highest BCUT2D eigenvalue weighted by Gasteiger charge is 2.40. The van der Waals surface area contributed by atoms with Gasteiger partial charge in [0.1, 0.15) is 0 Å². The molecule has 110 valence electrons. The zero-order valence-corrected chi connectivity index (χ0v) is 12.1. The van der Waals surface area contributed by atoms with Crippen molar-refractivity contribution in [3.05, 3.63) is 30.1 Å². The molecule has 0 bridgehead atoms. The van der Waals surface area contributed by atoms with Crippen molar-refractivity contribution in [1.29, 1.82) is 0 Å². The summed E-state index contributed by atoms with van der Waals surface area (Å²) < 4.78 is 22.9. The number of aromatic nitrogens is 1. The summed E-state index contributed by atoms with van der Waals surface area (Å²) in [5.41, 5.74) is 1.00. The van der Waals surface area contributed by atoms with E-state index in [9.17, 15) is 18.3 Å². The fourth-order valence-electron chi connectivity index (χ4n) is 2.34. The normalized spacial score (nSPS) is 24.5. The number of aliphatic hydroxyl groups excluding tert-OH is 1. The molecule has 6 nitrogen and oxygen atoms in total. The Morgan fingerprint density at radius 1 is 1.40 bits per heavy atom. The molecule has 1 amide bonds. The van der Waals surface area contributed by atoms with Gasteiger partial charge in [-0.25, -0.2) is 8.42 Å². The van der Waals surface area contributed by atoms with Crippen LogP contribution in [0.1, 0.15) is 12.0 Å². The van der Waals surface area contributed by atoms with Crippen LogP contribution in [0.5, 0.6) is 0 Å². The minimum atomic E-state index is -3.24. The number of aryl methyl sites for hydroxylation is 1. The summed E-state index contributed by atoms with van der Waals surface area (Å²) in [7, 11) is -1.70. The first-order valence-electron chi connectivity index (χ1n) is 6.42. The van der Waals surface area contributed by atoms with Gasteiger partial charge in [0.15, 0.2) is 9.84 Å². The van der Waals surface area contributed by atoms with Gasteiger partial charge in [-0.15, -0.1) is 0 Å². The van der Waals surface area contributed by atoms with Crippen LogP contribution >= 0.6 is 0 Å². The molecule has 0 aliphatic carbocycles. The first kappa shape index (κ1) is 14.9. The van der Waals surface area contributed by atoms with Gasteiger partial charge >= 0.3 is 0 Å². The number of hydrogen-bond acceptors (Lipinski definition) is 5. The van der Waals surface area contributed by atoms with Crippen LogP contribution in [0.4, 0.5) is 0 Å². The average Bonchev–Trinajstić information content (AvgIpc) is 2.69. The van der Waals surface area contributed by atoms with Crippen LogP contribution in [0.2, 0.25) is 0 Å². The SMILES string of the molecule is CN(C(=O)CCc1ccncc1)C1CS(=O)(=O)CC1O. The second-order valence-corrected chi connectivity index (χ2v) is 7.23. The van der Waals surface area contributed by atoms with E-state index in [1.165, 1.54) is 4.90 Å². The molecule has 1 fully saturated rings. The Morgan fingerprint density at radius 2 is 2.05 bits per heavy atom. The summed E-state index contributed by atoms with van der Waals surface area (Å²) in [4.78, 5) is 17.3. The number of pyridine rings is 1. The molecule has 1 saturated heterocycles. The van der Waals surface area contributed by atoms with Crippen LogP contribution in [0.3, 0.4) is 0 Å². The molecule has 1 N–H and O–H groups in total. The Hall–Kier alpha value is -1.47. The maximum Gasteiger partial charge on any atom is 0.223 e. The number of carbonyl (C=O) groups is 1. The number of aliphatic hydroxyl groups is 1. The van der Waals surface area contributed by atoms with Gasteiger partial charge in [-0.3, -0.25) is 9.78 Å². The van der Waals surface area contributed by atoms with Gasteiger partial charge in [0.25, 0.3) is 0 Å². The molecule has 1 aliphatic heterocycles. The Balaban J connectivity index is 1.93. The van der Waals surface area contributed by atoms with Gasteiger partial charge in [0.05, 0.1) is 23.7 Å². The third-order valence-corrected chi connectivity index (χ3v) is 5.26. The molecule has 20 heavy (non-hydrogen) atoms. The molecule has 0 aromatic carbocycles. The molecule has 2 unspecified atom stereocenters. The van der Waals surface area contributed by atoms with Crippen LogP contribution in [0, 0.1) is 0 Å². The van der Waals surface area contributed by atoms with Crippen molar-refractivity contribution < 1.29 is 18.3 Å². The molecule has 0 saturated carbocycles. The number of nitrogens with zero attached hydrogens (tertiary/aromatic N) is 2. The highest BCUT2D eigenvalue weighted by Crippen LogP contribution is 2.18. The monoisotopic (exact) mass is 298 g/mol. The molecular weight excluding hydrogens is 280 g/mol. The third-order valence-electron chi connectivity index (χ3n) is 3.56. The molecule has 0 spiro atoms. The Labute approximate surface area is 118 Å². The van der Waals surface area contributed by atoms with E-state index < -0.39 is 22.0 Å². The van der Waals surface area contributed by atoms with Crippen LogP contribution in [0.25, 0.3) is 0 Å². The lowest BCUT2D eigenvalue weighted by Gasteiger charge is -2.26. The van der Waals surface area contributed by atoms with Crippen LogP contribution in [-0.4, -0.2) is 60.0 Å².